The summed E-state index contributed by atoms with van der Waals surface area (Å²) in [6.45, 7) is 10.6. The van der Waals surface area contributed by atoms with Crippen LogP contribution in [-0.2, 0) is 25.8 Å². The lowest BCUT2D eigenvalue weighted by molar-refractivity contribution is -0.159. The molecule has 1 aromatic carbocycles. The molecule has 0 bridgehead atoms. The van der Waals surface area contributed by atoms with E-state index in [0.717, 1.165) is 56.4 Å². The van der Waals surface area contributed by atoms with Crippen molar-refractivity contribution in [1.29, 1.82) is 0 Å². The van der Waals surface area contributed by atoms with Gasteiger partial charge in [0.1, 0.15) is 10.6 Å². The molecule has 2 aromatic heterocycles. The average molecular weight is 589 g/mol. The molecule has 0 aliphatic rings. The van der Waals surface area contributed by atoms with Gasteiger partial charge in [-0.05, 0) is 87.2 Å². The Morgan fingerprint density at radius 2 is 1.41 bits per heavy atom. The molecule has 0 radical (unpaired) electrons. The molecular weight excluding hydrogens is 544 g/mol. The lowest BCUT2D eigenvalue weighted by atomic mass is 10.1. The summed E-state index contributed by atoms with van der Waals surface area (Å²) in [6, 6.07) is 12.6. The van der Waals surface area contributed by atoms with E-state index in [1.807, 2.05) is 35.0 Å². The Balaban J connectivity index is 0.000000883. The van der Waals surface area contributed by atoms with Crippen molar-refractivity contribution in [3.8, 4) is 5.75 Å². The molecule has 0 saturated heterocycles. The Kier molecular flexibility index (Phi) is 14.4. The second kappa shape index (κ2) is 17.4. The van der Waals surface area contributed by atoms with Crippen molar-refractivity contribution in [1.82, 2.24) is 9.30 Å². The minimum atomic E-state index is -3.64. The van der Waals surface area contributed by atoms with E-state index in [0.29, 0.717) is 22.1 Å². The molecule has 0 atom stereocenters. The molecule has 10 heteroatoms. The molecule has 2 heterocycles. The van der Waals surface area contributed by atoms with Crippen molar-refractivity contribution in [2.24, 2.45) is 0 Å². The van der Waals surface area contributed by atoms with Gasteiger partial charge in [-0.1, -0.05) is 46.1 Å². The molecule has 226 valence electrons. The number of carboxylic acid groups (broad SMARTS) is 2. The van der Waals surface area contributed by atoms with Crippen molar-refractivity contribution < 1.29 is 33.0 Å². The van der Waals surface area contributed by atoms with Crippen LogP contribution < -0.4 is 4.74 Å². The summed E-state index contributed by atoms with van der Waals surface area (Å²) in [5, 5.41) is 14.8. The minimum Gasteiger partial charge on any atom is -0.494 e. The number of aliphatic carboxylic acids is 2. The van der Waals surface area contributed by atoms with Crippen LogP contribution in [0.5, 0.6) is 5.75 Å². The second-order valence-electron chi connectivity index (χ2n) is 9.92. The zero-order chi connectivity index (χ0) is 30.3. The van der Waals surface area contributed by atoms with Crippen LogP contribution in [0.3, 0.4) is 0 Å². The van der Waals surface area contributed by atoms with Gasteiger partial charge in [-0.3, -0.25) is 0 Å². The smallest absolute Gasteiger partial charge is 0.414 e. The summed E-state index contributed by atoms with van der Waals surface area (Å²) < 4.78 is 35.2. The number of carboxylic acids is 2. The molecule has 0 fully saturated rings. The summed E-state index contributed by atoms with van der Waals surface area (Å²) in [4.78, 5) is 21.5. The van der Waals surface area contributed by atoms with Crippen molar-refractivity contribution in [3.05, 3.63) is 60.4 Å². The average Bonchev–Trinajstić information content (AvgIpc) is 3.35. The molecule has 0 aliphatic carbocycles. The first-order chi connectivity index (χ1) is 19.6. The summed E-state index contributed by atoms with van der Waals surface area (Å²) in [5.74, 6) is -2.93. The van der Waals surface area contributed by atoms with Crippen LogP contribution in [0.15, 0.2) is 64.6 Å². The zero-order valence-corrected chi connectivity index (χ0v) is 25.2. The van der Waals surface area contributed by atoms with Gasteiger partial charge < -0.3 is 24.3 Å². The summed E-state index contributed by atoms with van der Waals surface area (Å²) in [5.41, 5.74) is 1.61. The number of unbranched alkanes of at least 4 members (excludes halogenated alkanes) is 3. The number of nitrogens with zero attached hydrogens (tertiary/aromatic N) is 2. The standard InChI is InChI=1S/C29H42N2O3S.C2H2O4/c1-4-7-13-25-24-31-22-11-10-14-28(31)29(25)35(32,33)27-17-15-26(16-18-27)34-23-12-21-30(19-8-5-2)20-9-6-3;3-1(4)2(5)6/h10-11,14-18,22,24H,4-9,12-13,19-21,23H2,1-3H3;(H,3,4)(H,5,6). The molecule has 0 amide bonds. The number of carbonyl (C=O) groups is 2. The topological polar surface area (TPSA) is 126 Å². The van der Waals surface area contributed by atoms with Gasteiger partial charge in [-0.15, -0.1) is 0 Å². The molecule has 9 nitrogen and oxygen atoms in total. The molecular formula is C31H44N2O7S. The third-order valence-electron chi connectivity index (χ3n) is 6.64. The maximum Gasteiger partial charge on any atom is 0.414 e. The Morgan fingerprint density at radius 1 is 0.829 bits per heavy atom. The first kappa shape index (κ1) is 33.8. The number of fused-ring (bicyclic) bond motifs is 1. The van der Waals surface area contributed by atoms with Crippen LogP contribution in [0, 0.1) is 0 Å². The molecule has 3 rings (SSSR count). The molecule has 0 aliphatic heterocycles. The maximum atomic E-state index is 13.7. The fourth-order valence-electron chi connectivity index (χ4n) is 4.42. The van der Waals surface area contributed by atoms with Crippen LogP contribution in [0.2, 0.25) is 0 Å². The normalized spacial score (nSPS) is 11.3. The van der Waals surface area contributed by atoms with E-state index >= 15 is 0 Å². The number of rotatable bonds is 16. The number of ether oxygens (including phenoxy) is 1. The Hall–Kier alpha value is -3.37. The van der Waals surface area contributed by atoms with E-state index in [-0.39, 0.29) is 0 Å². The van der Waals surface area contributed by atoms with Gasteiger partial charge in [0.15, 0.2) is 0 Å². The van der Waals surface area contributed by atoms with Crippen LogP contribution in [0.4, 0.5) is 0 Å². The fraction of sp³-hybridized carbons (Fsp3) is 0.484. The molecule has 41 heavy (non-hydrogen) atoms. The predicted octanol–water partition coefficient (Wildman–Crippen LogP) is 5.94. The first-order valence-electron chi connectivity index (χ1n) is 14.4. The van der Waals surface area contributed by atoms with Crippen molar-refractivity contribution in [3.63, 3.8) is 0 Å². The third kappa shape index (κ3) is 10.5. The fourth-order valence-corrected chi connectivity index (χ4v) is 6.10. The molecule has 3 aromatic rings. The van der Waals surface area contributed by atoms with E-state index in [4.69, 9.17) is 24.5 Å². The monoisotopic (exact) mass is 588 g/mol. The van der Waals surface area contributed by atoms with Gasteiger partial charge in [-0.2, -0.15) is 0 Å². The predicted molar refractivity (Wildman–Crippen MR) is 160 cm³/mol. The van der Waals surface area contributed by atoms with Gasteiger partial charge >= 0.3 is 11.9 Å². The largest absolute Gasteiger partial charge is 0.494 e. The molecule has 2 N–H and O–H groups in total. The quantitative estimate of drug-likeness (QED) is 0.156. The number of aromatic nitrogens is 1. The zero-order valence-electron chi connectivity index (χ0n) is 24.4. The second-order valence-corrected chi connectivity index (χ2v) is 11.8. The van der Waals surface area contributed by atoms with Gasteiger partial charge in [0, 0.05) is 18.9 Å². The van der Waals surface area contributed by atoms with Crippen molar-refractivity contribution >= 4 is 27.3 Å². The highest BCUT2D eigenvalue weighted by atomic mass is 32.2. The maximum absolute atomic E-state index is 13.7. The van der Waals surface area contributed by atoms with E-state index < -0.39 is 21.8 Å². The van der Waals surface area contributed by atoms with Gasteiger partial charge in [0.2, 0.25) is 9.84 Å². The number of sulfone groups is 1. The van der Waals surface area contributed by atoms with Crippen LogP contribution in [0.25, 0.3) is 5.52 Å². The highest BCUT2D eigenvalue weighted by molar-refractivity contribution is 7.91. The Morgan fingerprint density at radius 3 is 1.98 bits per heavy atom. The van der Waals surface area contributed by atoms with Crippen LogP contribution in [0.1, 0.15) is 71.3 Å². The number of hydrogen-bond acceptors (Lipinski definition) is 6. The molecule has 0 saturated carbocycles. The summed E-state index contributed by atoms with van der Waals surface area (Å²) in [7, 11) is -3.64. The highest BCUT2D eigenvalue weighted by Crippen LogP contribution is 2.31. The Labute approximate surface area is 243 Å². The number of pyridine rings is 1. The lowest BCUT2D eigenvalue weighted by Crippen LogP contribution is -2.28. The number of hydrogen-bond donors (Lipinski definition) is 2. The third-order valence-corrected chi connectivity index (χ3v) is 8.54. The van der Waals surface area contributed by atoms with E-state index in [9.17, 15) is 8.42 Å². The summed E-state index contributed by atoms with van der Waals surface area (Å²) in [6.07, 6.45) is 12.5. The highest BCUT2D eigenvalue weighted by Gasteiger charge is 2.25. The van der Waals surface area contributed by atoms with E-state index in [1.165, 1.54) is 25.7 Å². The van der Waals surface area contributed by atoms with Gasteiger partial charge in [-0.25, -0.2) is 18.0 Å². The van der Waals surface area contributed by atoms with Gasteiger partial charge in [0.05, 0.1) is 17.0 Å². The first-order valence-corrected chi connectivity index (χ1v) is 15.9. The molecule has 0 unspecified atom stereocenters. The van der Waals surface area contributed by atoms with Crippen molar-refractivity contribution in [2.45, 2.75) is 81.9 Å². The van der Waals surface area contributed by atoms with Crippen molar-refractivity contribution in [2.75, 3.05) is 26.2 Å². The van der Waals surface area contributed by atoms with E-state index in [2.05, 4.69) is 25.7 Å². The molecule has 0 spiro atoms. The minimum absolute atomic E-state index is 0.310. The Bertz CT molecular complexity index is 1310. The summed E-state index contributed by atoms with van der Waals surface area (Å²) >= 11 is 0. The van der Waals surface area contributed by atoms with Gasteiger partial charge in [0.25, 0.3) is 0 Å². The SMILES string of the molecule is CCCCc1cn2ccccc2c1S(=O)(=O)c1ccc(OCCCN(CCCC)CCCC)cc1.O=C(O)C(=O)O. The van der Waals surface area contributed by atoms with Crippen LogP contribution in [-0.4, -0.2) is 66.1 Å². The van der Waals surface area contributed by atoms with Crippen LogP contribution >= 0.6 is 0 Å². The number of benzene rings is 1. The van der Waals surface area contributed by atoms with E-state index in [1.54, 1.807) is 24.3 Å². The number of aryl methyl sites for hydroxylation is 1. The lowest BCUT2D eigenvalue weighted by Gasteiger charge is -2.21.